The van der Waals surface area contributed by atoms with Gasteiger partial charge in [0.2, 0.25) is 0 Å². The summed E-state index contributed by atoms with van der Waals surface area (Å²) in [6.07, 6.45) is 0.727. The molecule has 0 heterocycles. The van der Waals surface area contributed by atoms with Crippen molar-refractivity contribution >= 4 is 23.2 Å². The van der Waals surface area contributed by atoms with Crippen molar-refractivity contribution in [3.8, 4) is 0 Å². The average Bonchev–Trinajstić information content (AvgIpc) is 2.31. The number of anilines is 1. The van der Waals surface area contributed by atoms with E-state index in [1.165, 1.54) is 6.07 Å². The maximum absolute atomic E-state index is 11.9. The topological polar surface area (TPSA) is 75.3 Å². The Morgan fingerprint density at radius 1 is 1.50 bits per heavy atom. The van der Waals surface area contributed by atoms with Gasteiger partial charge in [-0.05, 0) is 30.5 Å². The second-order valence-electron chi connectivity index (χ2n) is 4.72. The number of nitrogens with two attached hydrogens (primary N) is 1. The summed E-state index contributed by atoms with van der Waals surface area (Å²) in [6, 6.07) is 4.48. The summed E-state index contributed by atoms with van der Waals surface area (Å²) in [5.41, 5.74) is 6.45. The Hall–Kier alpha value is -1.26. The lowest BCUT2D eigenvalue weighted by Gasteiger charge is -2.18. The van der Waals surface area contributed by atoms with Crippen molar-refractivity contribution in [2.24, 2.45) is 5.92 Å². The lowest BCUT2D eigenvalue weighted by molar-refractivity contribution is 0.0908. The van der Waals surface area contributed by atoms with Crippen LogP contribution in [0.4, 0.5) is 5.69 Å². The van der Waals surface area contributed by atoms with Crippen LogP contribution < -0.4 is 11.1 Å². The number of nitrogens with one attached hydrogen (secondary N) is 1. The predicted octanol–water partition coefficient (Wildman–Crippen LogP) is 2.06. The fourth-order valence-electron chi connectivity index (χ4n) is 1.70. The standard InChI is InChI=1S/C13H19ClN2O2/c1-8(2)5-10(7-17)16-13(18)9-3-4-11(14)12(15)6-9/h3-4,6,8,10,17H,5,7,15H2,1-2H3,(H,16,18). The van der Waals surface area contributed by atoms with Gasteiger partial charge >= 0.3 is 0 Å². The highest BCUT2D eigenvalue weighted by Gasteiger charge is 2.14. The number of carbonyl (C=O) groups excluding carboxylic acids is 1. The third kappa shape index (κ3) is 4.20. The van der Waals surface area contributed by atoms with Crippen molar-refractivity contribution in [1.29, 1.82) is 0 Å². The van der Waals surface area contributed by atoms with Gasteiger partial charge in [-0.25, -0.2) is 0 Å². The van der Waals surface area contributed by atoms with Crippen molar-refractivity contribution in [1.82, 2.24) is 5.32 Å². The first-order chi connectivity index (χ1) is 8.43. The molecule has 4 N–H and O–H groups in total. The van der Waals surface area contributed by atoms with Gasteiger partial charge in [0.25, 0.3) is 5.91 Å². The second-order valence-corrected chi connectivity index (χ2v) is 5.13. The van der Waals surface area contributed by atoms with E-state index in [9.17, 15) is 9.90 Å². The minimum Gasteiger partial charge on any atom is -0.398 e. The maximum Gasteiger partial charge on any atom is 0.251 e. The second kappa shape index (κ2) is 6.61. The average molecular weight is 271 g/mol. The highest BCUT2D eigenvalue weighted by atomic mass is 35.5. The largest absolute Gasteiger partial charge is 0.398 e. The molecule has 0 aliphatic carbocycles. The molecule has 0 fully saturated rings. The first kappa shape index (κ1) is 14.8. The molecule has 1 amide bonds. The van der Waals surface area contributed by atoms with Crippen LogP contribution in [0.15, 0.2) is 18.2 Å². The first-order valence-electron chi connectivity index (χ1n) is 5.90. The van der Waals surface area contributed by atoms with Gasteiger partial charge in [0.05, 0.1) is 23.4 Å². The van der Waals surface area contributed by atoms with Gasteiger partial charge in [0.15, 0.2) is 0 Å². The number of hydrogen-bond acceptors (Lipinski definition) is 3. The van der Waals surface area contributed by atoms with Gasteiger partial charge in [0, 0.05) is 5.56 Å². The van der Waals surface area contributed by atoms with Gasteiger partial charge in [-0.2, -0.15) is 0 Å². The van der Waals surface area contributed by atoms with E-state index < -0.39 is 0 Å². The Kier molecular flexibility index (Phi) is 5.44. The summed E-state index contributed by atoms with van der Waals surface area (Å²) in [5, 5.41) is 12.4. The fraction of sp³-hybridized carbons (Fsp3) is 0.462. The van der Waals surface area contributed by atoms with Crippen LogP contribution in [0, 0.1) is 5.92 Å². The van der Waals surface area contributed by atoms with Gasteiger partial charge in [0.1, 0.15) is 0 Å². The minimum atomic E-state index is -0.252. The zero-order valence-electron chi connectivity index (χ0n) is 10.6. The molecule has 5 heteroatoms. The van der Waals surface area contributed by atoms with Crippen LogP contribution in [0.5, 0.6) is 0 Å². The Morgan fingerprint density at radius 2 is 2.17 bits per heavy atom. The summed E-state index contributed by atoms with van der Waals surface area (Å²) < 4.78 is 0. The molecule has 0 radical (unpaired) electrons. The quantitative estimate of drug-likeness (QED) is 0.717. The summed E-state index contributed by atoms with van der Waals surface area (Å²) >= 11 is 5.79. The Morgan fingerprint density at radius 3 is 2.67 bits per heavy atom. The van der Waals surface area contributed by atoms with E-state index in [4.69, 9.17) is 17.3 Å². The number of nitrogen functional groups attached to an aromatic ring is 1. The third-order valence-electron chi connectivity index (χ3n) is 2.57. The molecule has 0 aliphatic rings. The van der Waals surface area contributed by atoms with Crippen LogP contribution in [0.1, 0.15) is 30.6 Å². The van der Waals surface area contributed by atoms with Crippen molar-refractivity contribution < 1.29 is 9.90 Å². The van der Waals surface area contributed by atoms with Crippen molar-refractivity contribution in [3.05, 3.63) is 28.8 Å². The molecule has 0 bridgehead atoms. The monoisotopic (exact) mass is 270 g/mol. The van der Waals surface area contributed by atoms with E-state index in [-0.39, 0.29) is 18.6 Å². The molecule has 0 aromatic heterocycles. The predicted molar refractivity (Wildman–Crippen MR) is 73.7 cm³/mol. The minimum absolute atomic E-state index is 0.0764. The Labute approximate surface area is 112 Å². The van der Waals surface area contributed by atoms with Crippen LogP contribution in [0.25, 0.3) is 0 Å². The normalized spacial score (nSPS) is 12.5. The number of aliphatic hydroxyl groups is 1. The summed E-state index contributed by atoms with van der Waals surface area (Å²) in [5.74, 6) is 0.149. The lowest BCUT2D eigenvalue weighted by Crippen LogP contribution is -2.38. The summed E-state index contributed by atoms with van der Waals surface area (Å²) in [6.45, 7) is 4.00. The maximum atomic E-state index is 11.9. The molecule has 18 heavy (non-hydrogen) atoms. The van der Waals surface area contributed by atoms with Gasteiger partial charge < -0.3 is 16.2 Å². The zero-order valence-corrected chi connectivity index (χ0v) is 11.4. The molecular weight excluding hydrogens is 252 g/mol. The first-order valence-corrected chi connectivity index (χ1v) is 6.28. The van der Waals surface area contributed by atoms with Crippen LogP contribution in [0.2, 0.25) is 5.02 Å². The van der Waals surface area contributed by atoms with E-state index in [1.54, 1.807) is 12.1 Å². The van der Waals surface area contributed by atoms with E-state index in [0.29, 0.717) is 22.2 Å². The molecule has 100 valence electrons. The summed E-state index contributed by atoms with van der Waals surface area (Å²) in [4.78, 5) is 11.9. The highest BCUT2D eigenvalue weighted by molar-refractivity contribution is 6.33. The number of aliphatic hydroxyl groups excluding tert-OH is 1. The van der Waals surface area contributed by atoms with Crippen molar-refractivity contribution in [2.75, 3.05) is 12.3 Å². The SMILES string of the molecule is CC(C)CC(CO)NC(=O)c1ccc(Cl)c(N)c1. The molecule has 0 aliphatic heterocycles. The molecule has 0 saturated carbocycles. The molecule has 1 atom stereocenters. The fourth-order valence-corrected chi connectivity index (χ4v) is 1.82. The van der Waals surface area contributed by atoms with Gasteiger partial charge in [-0.15, -0.1) is 0 Å². The zero-order chi connectivity index (χ0) is 13.7. The molecule has 1 aromatic rings. The molecule has 0 spiro atoms. The molecule has 1 rings (SSSR count). The molecule has 1 aromatic carbocycles. The van der Waals surface area contributed by atoms with Crippen molar-refractivity contribution in [2.45, 2.75) is 26.3 Å². The Balaban J connectivity index is 2.71. The molecule has 1 unspecified atom stereocenters. The number of halogens is 1. The number of amides is 1. The van der Waals surface area contributed by atoms with Crippen LogP contribution in [-0.4, -0.2) is 23.7 Å². The Bertz CT molecular complexity index is 421. The summed E-state index contributed by atoms with van der Waals surface area (Å²) in [7, 11) is 0. The van der Waals surface area contributed by atoms with Crippen LogP contribution in [0.3, 0.4) is 0 Å². The smallest absolute Gasteiger partial charge is 0.251 e. The van der Waals surface area contributed by atoms with Crippen LogP contribution in [-0.2, 0) is 0 Å². The van der Waals surface area contributed by atoms with E-state index in [0.717, 1.165) is 6.42 Å². The highest BCUT2D eigenvalue weighted by Crippen LogP contribution is 2.19. The molecule has 0 saturated heterocycles. The van der Waals surface area contributed by atoms with Gasteiger partial charge in [-0.3, -0.25) is 4.79 Å². The van der Waals surface area contributed by atoms with Gasteiger partial charge in [-0.1, -0.05) is 25.4 Å². The van der Waals surface area contributed by atoms with E-state index in [1.807, 2.05) is 13.8 Å². The molecular formula is C13H19ClN2O2. The third-order valence-corrected chi connectivity index (χ3v) is 2.91. The lowest BCUT2D eigenvalue weighted by atomic mass is 10.0. The number of rotatable bonds is 5. The van der Waals surface area contributed by atoms with E-state index >= 15 is 0 Å². The molecule has 4 nitrogen and oxygen atoms in total. The van der Waals surface area contributed by atoms with E-state index in [2.05, 4.69) is 5.32 Å². The van der Waals surface area contributed by atoms with Crippen molar-refractivity contribution in [3.63, 3.8) is 0 Å². The van der Waals surface area contributed by atoms with Crippen LogP contribution >= 0.6 is 11.6 Å². The number of hydrogen-bond donors (Lipinski definition) is 3. The number of carbonyl (C=O) groups is 1. The number of benzene rings is 1.